The summed E-state index contributed by atoms with van der Waals surface area (Å²) in [5.41, 5.74) is 5.70. The van der Waals surface area contributed by atoms with Crippen LogP contribution in [-0.4, -0.2) is 17.3 Å². The second kappa shape index (κ2) is 2.27. The highest BCUT2D eigenvalue weighted by Crippen LogP contribution is 2.29. The first-order valence-electron chi connectivity index (χ1n) is 3.56. The van der Waals surface area contributed by atoms with E-state index >= 15 is 0 Å². The van der Waals surface area contributed by atoms with Crippen molar-refractivity contribution in [2.24, 2.45) is 17.6 Å². The van der Waals surface area contributed by atoms with Gasteiger partial charge in [0.25, 0.3) is 0 Å². The van der Waals surface area contributed by atoms with Gasteiger partial charge in [-0.1, -0.05) is 13.8 Å². The van der Waals surface area contributed by atoms with E-state index in [1.165, 1.54) is 0 Å². The summed E-state index contributed by atoms with van der Waals surface area (Å²) in [4.78, 5) is 0. The molecule has 0 aliphatic heterocycles. The first-order chi connectivity index (χ1) is 4.13. The van der Waals surface area contributed by atoms with Gasteiger partial charge in [0, 0.05) is 6.04 Å². The third-order valence-corrected chi connectivity index (χ3v) is 2.63. The normalized spacial score (nSPS) is 52.0. The molecule has 0 amide bonds. The first kappa shape index (κ1) is 7.03. The lowest BCUT2D eigenvalue weighted by atomic mass is 9.97. The molecule has 1 rings (SSSR count). The molecule has 0 heterocycles. The standard InChI is InChI=1S/C7H15NO/c1-4-5(2)7(9)3-6(4)8/h4-7,9H,3,8H2,1-2H3/t4-,5+,6-,7-/m1/s1. The van der Waals surface area contributed by atoms with E-state index in [0.29, 0.717) is 11.8 Å². The van der Waals surface area contributed by atoms with E-state index in [9.17, 15) is 5.11 Å². The molecule has 0 radical (unpaired) electrons. The molecule has 0 aromatic rings. The average Bonchev–Trinajstić information content (AvgIpc) is 1.98. The molecule has 0 bridgehead atoms. The summed E-state index contributed by atoms with van der Waals surface area (Å²) >= 11 is 0. The third kappa shape index (κ3) is 1.10. The van der Waals surface area contributed by atoms with Crippen molar-refractivity contribution in [1.29, 1.82) is 0 Å². The van der Waals surface area contributed by atoms with Crippen LogP contribution in [0.15, 0.2) is 0 Å². The lowest BCUT2D eigenvalue weighted by molar-refractivity contribution is 0.130. The molecule has 4 atom stereocenters. The zero-order valence-electron chi connectivity index (χ0n) is 6.04. The Labute approximate surface area is 56.1 Å². The second-order valence-corrected chi connectivity index (χ2v) is 3.19. The number of aliphatic hydroxyl groups is 1. The fourth-order valence-corrected chi connectivity index (χ4v) is 1.45. The summed E-state index contributed by atoms with van der Waals surface area (Å²) in [5.74, 6) is 0.875. The average molecular weight is 129 g/mol. The first-order valence-corrected chi connectivity index (χ1v) is 3.56. The van der Waals surface area contributed by atoms with Crippen LogP contribution >= 0.6 is 0 Å². The Morgan fingerprint density at radius 2 is 1.89 bits per heavy atom. The molecule has 2 nitrogen and oxygen atoms in total. The molecule has 0 saturated heterocycles. The maximum Gasteiger partial charge on any atom is 0.0583 e. The van der Waals surface area contributed by atoms with Crippen molar-refractivity contribution in [3.63, 3.8) is 0 Å². The van der Waals surface area contributed by atoms with E-state index in [-0.39, 0.29) is 12.1 Å². The maximum absolute atomic E-state index is 9.26. The Balaban J connectivity index is 2.54. The van der Waals surface area contributed by atoms with Crippen LogP contribution in [0.4, 0.5) is 0 Å². The molecule has 0 spiro atoms. The third-order valence-electron chi connectivity index (χ3n) is 2.63. The summed E-state index contributed by atoms with van der Waals surface area (Å²) in [6.45, 7) is 4.16. The molecule has 2 heteroatoms. The quantitative estimate of drug-likeness (QED) is 0.496. The highest BCUT2D eigenvalue weighted by molar-refractivity contribution is 4.88. The van der Waals surface area contributed by atoms with E-state index in [1.807, 2.05) is 0 Å². The number of hydrogen-bond acceptors (Lipinski definition) is 2. The van der Waals surface area contributed by atoms with Gasteiger partial charge in [-0.05, 0) is 18.3 Å². The van der Waals surface area contributed by atoms with Crippen molar-refractivity contribution >= 4 is 0 Å². The SMILES string of the molecule is C[C@@H]1[C@H](C)[C@H](O)C[C@H]1N. The summed E-state index contributed by atoms with van der Waals surface area (Å²) in [7, 11) is 0. The zero-order chi connectivity index (χ0) is 7.02. The van der Waals surface area contributed by atoms with Crippen LogP contribution in [-0.2, 0) is 0 Å². The summed E-state index contributed by atoms with van der Waals surface area (Å²) in [6.07, 6.45) is 0.623. The largest absolute Gasteiger partial charge is 0.393 e. The van der Waals surface area contributed by atoms with Crippen LogP contribution in [0, 0.1) is 11.8 Å². The minimum Gasteiger partial charge on any atom is -0.393 e. The molecule has 9 heavy (non-hydrogen) atoms. The minimum atomic E-state index is -0.157. The van der Waals surface area contributed by atoms with Crippen LogP contribution in [0.3, 0.4) is 0 Å². The van der Waals surface area contributed by atoms with Crippen molar-refractivity contribution in [2.75, 3.05) is 0 Å². The molecule has 1 fully saturated rings. The van der Waals surface area contributed by atoms with Gasteiger partial charge in [-0.15, -0.1) is 0 Å². The van der Waals surface area contributed by atoms with Crippen LogP contribution in [0.5, 0.6) is 0 Å². The zero-order valence-corrected chi connectivity index (χ0v) is 6.04. The Bertz CT molecular complexity index is 93.1. The molecular formula is C7H15NO. The van der Waals surface area contributed by atoms with E-state index in [1.54, 1.807) is 0 Å². The molecule has 54 valence electrons. The van der Waals surface area contributed by atoms with Crippen molar-refractivity contribution in [3.05, 3.63) is 0 Å². The Morgan fingerprint density at radius 1 is 1.33 bits per heavy atom. The van der Waals surface area contributed by atoms with Crippen molar-refractivity contribution in [2.45, 2.75) is 32.4 Å². The van der Waals surface area contributed by atoms with Gasteiger partial charge in [0.05, 0.1) is 6.10 Å². The minimum absolute atomic E-state index is 0.157. The van der Waals surface area contributed by atoms with E-state index in [2.05, 4.69) is 13.8 Å². The number of rotatable bonds is 0. The van der Waals surface area contributed by atoms with E-state index in [4.69, 9.17) is 5.73 Å². The summed E-state index contributed by atoms with van der Waals surface area (Å²) in [6, 6.07) is 0.218. The number of nitrogens with two attached hydrogens (primary N) is 1. The van der Waals surface area contributed by atoms with Crippen LogP contribution in [0.25, 0.3) is 0 Å². The maximum atomic E-state index is 9.26. The predicted octanol–water partition coefficient (Wildman–Crippen LogP) is 0.350. The molecule has 1 aliphatic rings. The van der Waals surface area contributed by atoms with Crippen molar-refractivity contribution < 1.29 is 5.11 Å². The van der Waals surface area contributed by atoms with Gasteiger partial charge in [-0.3, -0.25) is 0 Å². The second-order valence-electron chi connectivity index (χ2n) is 3.19. The topological polar surface area (TPSA) is 46.2 Å². The van der Waals surface area contributed by atoms with Crippen LogP contribution in [0.2, 0.25) is 0 Å². The monoisotopic (exact) mass is 129 g/mol. The van der Waals surface area contributed by atoms with Crippen molar-refractivity contribution in [3.8, 4) is 0 Å². The molecular weight excluding hydrogens is 114 g/mol. The van der Waals surface area contributed by atoms with Gasteiger partial charge in [0.2, 0.25) is 0 Å². The Morgan fingerprint density at radius 3 is 2.00 bits per heavy atom. The van der Waals surface area contributed by atoms with Crippen LogP contribution in [0.1, 0.15) is 20.3 Å². The molecule has 1 saturated carbocycles. The molecule has 1 aliphatic carbocycles. The van der Waals surface area contributed by atoms with E-state index < -0.39 is 0 Å². The fourth-order valence-electron chi connectivity index (χ4n) is 1.45. The highest BCUT2D eigenvalue weighted by Gasteiger charge is 2.34. The summed E-state index contributed by atoms with van der Waals surface area (Å²) in [5, 5.41) is 9.26. The van der Waals surface area contributed by atoms with Gasteiger partial charge in [-0.2, -0.15) is 0 Å². The molecule has 0 unspecified atom stereocenters. The van der Waals surface area contributed by atoms with Gasteiger partial charge >= 0.3 is 0 Å². The van der Waals surface area contributed by atoms with Crippen molar-refractivity contribution in [1.82, 2.24) is 0 Å². The highest BCUT2D eigenvalue weighted by atomic mass is 16.3. The van der Waals surface area contributed by atoms with E-state index in [0.717, 1.165) is 6.42 Å². The van der Waals surface area contributed by atoms with Gasteiger partial charge in [-0.25, -0.2) is 0 Å². The number of hydrogen-bond donors (Lipinski definition) is 2. The smallest absolute Gasteiger partial charge is 0.0583 e. The molecule has 0 aromatic heterocycles. The molecule has 0 aromatic carbocycles. The van der Waals surface area contributed by atoms with Gasteiger partial charge < -0.3 is 10.8 Å². The van der Waals surface area contributed by atoms with Crippen LogP contribution < -0.4 is 5.73 Å². The lowest BCUT2D eigenvalue weighted by Crippen LogP contribution is -2.24. The Kier molecular flexibility index (Phi) is 1.78. The van der Waals surface area contributed by atoms with Gasteiger partial charge in [0.1, 0.15) is 0 Å². The van der Waals surface area contributed by atoms with Gasteiger partial charge in [0.15, 0.2) is 0 Å². The fraction of sp³-hybridized carbons (Fsp3) is 1.00. The Hall–Kier alpha value is -0.0800. The summed E-state index contributed by atoms with van der Waals surface area (Å²) < 4.78 is 0. The number of aliphatic hydroxyl groups excluding tert-OH is 1. The predicted molar refractivity (Wildman–Crippen MR) is 36.9 cm³/mol. The lowest BCUT2D eigenvalue weighted by Gasteiger charge is -2.13. The molecule has 3 N–H and O–H groups in total.